The van der Waals surface area contributed by atoms with Gasteiger partial charge in [-0.2, -0.15) is 0 Å². The average Bonchev–Trinajstić information content (AvgIpc) is 3.28. The molecule has 1 fully saturated rings. The second-order valence-corrected chi connectivity index (χ2v) is 9.21. The number of amides is 4. The third-order valence-electron chi connectivity index (χ3n) is 6.89. The minimum Gasteiger partial charge on any atom is -0.490 e. The summed E-state index contributed by atoms with van der Waals surface area (Å²) < 4.78 is 11.1. The summed E-state index contributed by atoms with van der Waals surface area (Å²) in [5, 5.41) is 2.49. The second kappa shape index (κ2) is 10.1. The van der Waals surface area contributed by atoms with Crippen LogP contribution in [0.5, 0.6) is 5.75 Å². The molecule has 1 N–H and O–H groups in total. The number of rotatable bonds is 5. The molecule has 2 aromatic rings. The van der Waals surface area contributed by atoms with E-state index < -0.39 is 11.8 Å². The van der Waals surface area contributed by atoms with Gasteiger partial charge in [-0.3, -0.25) is 24.1 Å². The minimum absolute atomic E-state index is 0.0599. The van der Waals surface area contributed by atoms with Gasteiger partial charge in [-0.25, -0.2) is 0 Å². The van der Waals surface area contributed by atoms with E-state index in [0.29, 0.717) is 56.5 Å². The standard InChI is InChI=1S/C28H28N4O6/c1-17(27(35)30-9-12-37-13-10-30)29-26(34)18(2)32-16-23-21(5-4-6-22(23)28(32)36)20-7-8-24-25(15-20)38-14-11-31(24)19(3)33/h4-8,15H,1-2,9-14,16H2,3H3,(H,29,34). The first-order chi connectivity index (χ1) is 18.3. The van der Waals surface area contributed by atoms with E-state index in [2.05, 4.69) is 18.5 Å². The van der Waals surface area contributed by atoms with Crippen molar-refractivity contribution in [3.63, 3.8) is 0 Å². The molecule has 0 aromatic heterocycles. The summed E-state index contributed by atoms with van der Waals surface area (Å²) in [4.78, 5) is 55.3. The topological polar surface area (TPSA) is 108 Å². The molecule has 38 heavy (non-hydrogen) atoms. The molecule has 3 aliphatic rings. The van der Waals surface area contributed by atoms with Gasteiger partial charge in [0.1, 0.15) is 18.1 Å². The molecule has 3 aliphatic heterocycles. The van der Waals surface area contributed by atoms with E-state index in [1.165, 1.54) is 11.8 Å². The van der Waals surface area contributed by atoms with Crippen molar-refractivity contribution in [2.24, 2.45) is 0 Å². The lowest BCUT2D eigenvalue weighted by atomic mass is 9.96. The predicted octanol–water partition coefficient (Wildman–Crippen LogP) is 2.06. The molecule has 196 valence electrons. The highest BCUT2D eigenvalue weighted by Gasteiger charge is 2.34. The average molecular weight is 517 g/mol. The molecule has 10 nitrogen and oxygen atoms in total. The number of nitrogens with zero attached hydrogens (tertiary/aromatic N) is 3. The number of fused-ring (bicyclic) bond motifs is 2. The van der Waals surface area contributed by atoms with Crippen LogP contribution < -0.4 is 15.0 Å². The van der Waals surface area contributed by atoms with E-state index in [0.717, 1.165) is 16.7 Å². The van der Waals surface area contributed by atoms with Crippen LogP contribution >= 0.6 is 0 Å². The van der Waals surface area contributed by atoms with Crippen LogP contribution in [0.15, 0.2) is 61.0 Å². The number of benzene rings is 2. The lowest BCUT2D eigenvalue weighted by Crippen LogP contribution is -2.45. The van der Waals surface area contributed by atoms with Crippen molar-refractivity contribution in [2.45, 2.75) is 13.5 Å². The maximum absolute atomic E-state index is 13.2. The molecule has 0 spiro atoms. The Hall–Kier alpha value is -4.44. The van der Waals surface area contributed by atoms with E-state index in [4.69, 9.17) is 9.47 Å². The number of ether oxygens (including phenoxy) is 2. The molecule has 0 bridgehead atoms. The predicted molar refractivity (Wildman–Crippen MR) is 139 cm³/mol. The maximum atomic E-state index is 13.2. The summed E-state index contributed by atoms with van der Waals surface area (Å²) in [6.07, 6.45) is 0. The van der Waals surface area contributed by atoms with Crippen molar-refractivity contribution in [2.75, 3.05) is 44.4 Å². The Morgan fingerprint density at radius 2 is 1.68 bits per heavy atom. The Kier molecular flexibility index (Phi) is 6.73. The molecule has 2 aromatic carbocycles. The first-order valence-electron chi connectivity index (χ1n) is 12.3. The molecule has 4 amide bonds. The van der Waals surface area contributed by atoms with Crippen molar-refractivity contribution in [3.05, 3.63) is 72.1 Å². The molecular weight excluding hydrogens is 488 g/mol. The van der Waals surface area contributed by atoms with Gasteiger partial charge in [-0.15, -0.1) is 0 Å². The van der Waals surface area contributed by atoms with Crippen LogP contribution in [-0.2, 0) is 25.7 Å². The van der Waals surface area contributed by atoms with Gasteiger partial charge >= 0.3 is 0 Å². The number of hydrogen-bond acceptors (Lipinski definition) is 6. The van der Waals surface area contributed by atoms with E-state index in [-0.39, 0.29) is 29.8 Å². The third kappa shape index (κ3) is 4.54. The van der Waals surface area contributed by atoms with Gasteiger partial charge in [0, 0.05) is 25.6 Å². The first kappa shape index (κ1) is 25.2. The Balaban J connectivity index is 1.34. The minimum atomic E-state index is -0.675. The zero-order chi connectivity index (χ0) is 27.0. The molecule has 0 atom stereocenters. The molecular formula is C28H28N4O6. The summed E-state index contributed by atoms with van der Waals surface area (Å²) in [5.74, 6) is -0.897. The summed E-state index contributed by atoms with van der Waals surface area (Å²) in [6.45, 7) is 11.7. The number of nitrogens with one attached hydrogen (secondary N) is 1. The monoisotopic (exact) mass is 516 g/mol. The molecule has 5 rings (SSSR count). The van der Waals surface area contributed by atoms with Crippen molar-refractivity contribution in [1.29, 1.82) is 0 Å². The van der Waals surface area contributed by atoms with Crippen LogP contribution in [0.1, 0.15) is 22.8 Å². The van der Waals surface area contributed by atoms with Gasteiger partial charge in [0.25, 0.3) is 17.7 Å². The molecule has 0 aliphatic carbocycles. The van der Waals surface area contributed by atoms with E-state index in [1.54, 1.807) is 21.9 Å². The Bertz CT molecular complexity index is 1380. The maximum Gasteiger partial charge on any atom is 0.271 e. The summed E-state index contributed by atoms with van der Waals surface area (Å²) in [7, 11) is 0. The van der Waals surface area contributed by atoms with Crippen LogP contribution in [0.25, 0.3) is 11.1 Å². The highest BCUT2D eigenvalue weighted by Crippen LogP contribution is 2.39. The highest BCUT2D eigenvalue weighted by molar-refractivity contribution is 6.08. The van der Waals surface area contributed by atoms with Gasteiger partial charge in [-0.05, 0) is 34.9 Å². The van der Waals surface area contributed by atoms with E-state index in [9.17, 15) is 19.2 Å². The van der Waals surface area contributed by atoms with Crippen molar-refractivity contribution < 1.29 is 28.7 Å². The number of carbonyl (C=O) groups excluding carboxylic acids is 4. The Morgan fingerprint density at radius 1 is 0.947 bits per heavy atom. The lowest BCUT2D eigenvalue weighted by Gasteiger charge is -2.29. The van der Waals surface area contributed by atoms with Crippen molar-refractivity contribution in [3.8, 4) is 16.9 Å². The second-order valence-electron chi connectivity index (χ2n) is 9.21. The fourth-order valence-corrected chi connectivity index (χ4v) is 4.88. The van der Waals surface area contributed by atoms with Crippen molar-refractivity contribution in [1.82, 2.24) is 15.1 Å². The van der Waals surface area contributed by atoms with Gasteiger partial charge in [0.15, 0.2) is 0 Å². The Morgan fingerprint density at radius 3 is 2.42 bits per heavy atom. The number of carbonyl (C=O) groups is 4. The van der Waals surface area contributed by atoms with Gasteiger partial charge in [0.2, 0.25) is 5.91 Å². The summed E-state index contributed by atoms with van der Waals surface area (Å²) >= 11 is 0. The van der Waals surface area contributed by atoms with Crippen LogP contribution in [-0.4, -0.2) is 72.9 Å². The number of hydrogen-bond donors (Lipinski definition) is 1. The summed E-state index contributed by atoms with van der Waals surface area (Å²) in [6, 6.07) is 11.0. The lowest BCUT2D eigenvalue weighted by molar-refractivity contribution is -0.132. The SMILES string of the molecule is C=C(NC(=O)C(=C)N1Cc2c(cccc2-c2ccc3c(c2)OCCN3C(C)=O)C1=O)C(=O)N1CCOCC1. The third-order valence-corrected chi connectivity index (χ3v) is 6.89. The normalized spacial score (nSPS) is 16.3. The molecule has 10 heteroatoms. The quantitative estimate of drug-likeness (QED) is 0.610. The molecule has 3 heterocycles. The van der Waals surface area contributed by atoms with Gasteiger partial charge in [-0.1, -0.05) is 31.4 Å². The van der Waals surface area contributed by atoms with E-state index in [1.807, 2.05) is 24.3 Å². The first-order valence-corrected chi connectivity index (χ1v) is 12.3. The zero-order valence-corrected chi connectivity index (χ0v) is 21.1. The van der Waals surface area contributed by atoms with Crippen LogP contribution in [0, 0.1) is 0 Å². The zero-order valence-electron chi connectivity index (χ0n) is 21.1. The van der Waals surface area contributed by atoms with Gasteiger partial charge < -0.3 is 24.6 Å². The van der Waals surface area contributed by atoms with Crippen LogP contribution in [0.4, 0.5) is 5.69 Å². The molecule has 0 saturated carbocycles. The number of anilines is 1. The van der Waals surface area contributed by atoms with Crippen LogP contribution in [0.2, 0.25) is 0 Å². The van der Waals surface area contributed by atoms with Crippen LogP contribution in [0.3, 0.4) is 0 Å². The Labute approximate surface area is 220 Å². The fourth-order valence-electron chi connectivity index (χ4n) is 4.88. The number of morpholine rings is 1. The highest BCUT2D eigenvalue weighted by atomic mass is 16.5. The molecule has 0 unspecified atom stereocenters. The largest absolute Gasteiger partial charge is 0.490 e. The van der Waals surface area contributed by atoms with Crippen molar-refractivity contribution >= 4 is 29.3 Å². The molecule has 1 saturated heterocycles. The van der Waals surface area contributed by atoms with E-state index >= 15 is 0 Å². The molecule has 0 radical (unpaired) electrons. The fraction of sp³-hybridized carbons (Fsp3) is 0.286. The smallest absolute Gasteiger partial charge is 0.271 e. The van der Waals surface area contributed by atoms with Gasteiger partial charge in [0.05, 0.1) is 37.7 Å². The summed E-state index contributed by atoms with van der Waals surface area (Å²) in [5.41, 5.74) is 3.37.